The summed E-state index contributed by atoms with van der Waals surface area (Å²) in [5.74, 6) is -0.338. The molecule has 1 aromatic carbocycles. The van der Waals surface area contributed by atoms with E-state index in [0.29, 0.717) is 5.02 Å². The number of carbonyl (C=O) groups excluding carboxylic acids is 1. The Hall–Kier alpha value is -1.02. The van der Waals surface area contributed by atoms with Crippen LogP contribution in [-0.4, -0.2) is 5.91 Å². The standard InChI is InChI=1S/C9H9ClNO/c10-8-3-1-2-7(6-8)4-5-9(11)12/h1-4,6H,5H2,(H2,11,12). The number of nitrogens with two attached hydrogens (primary N) is 1. The van der Waals surface area contributed by atoms with Gasteiger partial charge < -0.3 is 5.73 Å². The first-order valence-corrected chi connectivity index (χ1v) is 3.93. The van der Waals surface area contributed by atoms with Crippen LogP contribution < -0.4 is 5.73 Å². The highest BCUT2D eigenvalue weighted by Gasteiger charge is 1.97. The van der Waals surface area contributed by atoms with E-state index in [9.17, 15) is 4.79 Å². The summed E-state index contributed by atoms with van der Waals surface area (Å²) in [5, 5.41) is 0.660. The van der Waals surface area contributed by atoms with Gasteiger partial charge in [0.1, 0.15) is 0 Å². The number of benzene rings is 1. The maximum Gasteiger partial charge on any atom is 0.218 e. The molecule has 1 rings (SSSR count). The average molecular weight is 183 g/mol. The summed E-state index contributed by atoms with van der Waals surface area (Å²) in [6, 6.07) is 7.26. The summed E-state index contributed by atoms with van der Waals surface area (Å²) < 4.78 is 0. The van der Waals surface area contributed by atoms with Crippen molar-refractivity contribution in [3.05, 3.63) is 41.3 Å². The number of carbonyl (C=O) groups is 1. The topological polar surface area (TPSA) is 43.1 Å². The summed E-state index contributed by atoms with van der Waals surface area (Å²) in [5.41, 5.74) is 5.89. The van der Waals surface area contributed by atoms with Crippen LogP contribution in [0.2, 0.25) is 5.02 Å². The Kier molecular flexibility index (Phi) is 3.11. The van der Waals surface area contributed by atoms with E-state index in [1.54, 1.807) is 18.6 Å². The highest BCUT2D eigenvalue weighted by Crippen LogP contribution is 2.12. The van der Waals surface area contributed by atoms with Crippen molar-refractivity contribution in [3.63, 3.8) is 0 Å². The van der Waals surface area contributed by atoms with E-state index in [1.807, 2.05) is 12.1 Å². The van der Waals surface area contributed by atoms with Crippen LogP contribution in [0.25, 0.3) is 0 Å². The molecule has 0 aliphatic carbocycles. The van der Waals surface area contributed by atoms with Crippen LogP contribution in [-0.2, 0) is 4.79 Å². The Balaban J connectivity index is 2.57. The SMILES string of the molecule is NC(=O)C[CH]c1cccc(Cl)c1. The molecule has 0 fully saturated rings. The summed E-state index contributed by atoms with van der Waals surface area (Å²) in [6.07, 6.45) is 1.99. The van der Waals surface area contributed by atoms with Gasteiger partial charge in [-0.15, -0.1) is 0 Å². The lowest BCUT2D eigenvalue weighted by molar-refractivity contribution is -0.117. The first kappa shape index (κ1) is 9.07. The van der Waals surface area contributed by atoms with Gasteiger partial charge in [0.05, 0.1) is 0 Å². The summed E-state index contributed by atoms with van der Waals surface area (Å²) in [4.78, 5) is 10.4. The third-order valence-corrected chi connectivity index (χ3v) is 1.62. The van der Waals surface area contributed by atoms with Crippen LogP contribution in [0.15, 0.2) is 24.3 Å². The second-order valence-corrected chi connectivity index (χ2v) is 2.87. The van der Waals surface area contributed by atoms with Gasteiger partial charge in [-0.3, -0.25) is 4.79 Å². The van der Waals surface area contributed by atoms with Crippen molar-refractivity contribution in [2.45, 2.75) is 6.42 Å². The lowest BCUT2D eigenvalue weighted by atomic mass is 10.1. The van der Waals surface area contributed by atoms with Crippen molar-refractivity contribution in [1.82, 2.24) is 0 Å². The molecule has 1 aromatic rings. The zero-order valence-corrected chi connectivity index (χ0v) is 7.21. The summed E-state index contributed by atoms with van der Waals surface area (Å²) >= 11 is 5.72. The summed E-state index contributed by atoms with van der Waals surface area (Å²) in [6.45, 7) is 0. The highest BCUT2D eigenvalue weighted by molar-refractivity contribution is 6.30. The molecule has 12 heavy (non-hydrogen) atoms. The van der Waals surface area contributed by atoms with Gasteiger partial charge in [-0.2, -0.15) is 0 Å². The smallest absolute Gasteiger partial charge is 0.218 e. The van der Waals surface area contributed by atoms with Crippen molar-refractivity contribution < 1.29 is 4.79 Å². The fourth-order valence-corrected chi connectivity index (χ4v) is 1.05. The Morgan fingerprint density at radius 3 is 2.92 bits per heavy atom. The second kappa shape index (κ2) is 4.12. The molecule has 0 saturated carbocycles. The van der Waals surface area contributed by atoms with E-state index in [4.69, 9.17) is 17.3 Å². The van der Waals surface area contributed by atoms with Gasteiger partial charge in [-0.1, -0.05) is 23.7 Å². The number of halogens is 1. The molecular weight excluding hydrogens is 174 g/mol. The molecule has 1 amide bonds. The number of amides is 1. The Labute approximate surface area is 76.3 Å². The van der Waals surface area contributed by atoms with Crippen LogP contribution in [0.4, 0.5) is 0 Å². The number of hydrogen-bond donors (Lipinski definition) is 1. The van der Waals surface area contributed by atoms with Gasteiger partial charge >= 0.3 is 0 Å². The van der Waals surface area contributed by atoms with Gasteiger partial charge in [-0.05, 0) is 17.7 Å². The molecule has 0 saturated heterocycles. The largest absolute Gasteiger partial charge is 0.370 e. The molecule has 1 radical (unpaired) electrons. The van der Waals surface area contributed by atoms with E-state index in [-0.39, 0.29) is 12.3 Å². The number of rotatable bonds is 3. The Morgan fingerprint density at radius 1 is 1.58 bits per heavy atom. The normalized spacial score (nSPS) is 9.75. The van der Waals surface area contributed by atoms with Gasteiger partial charge in [0.2, 0.25) is 5.91 Å². The molecule has 0 aromatic heterocycles. The van der Waals surface area contributed by atoms with Crippen molar-refractivity contribution in [2.75, 3.05) is 0 Å². The predicted octanol–water partition coefficient (Wildman–Crippen LogP) is 1.77. The van der Waals surface area contributed by atoms with Crippen LogP contribution in [0.1, 0.15) is 12.0 Å². The van der Waals surface area contributed by atoms with Crippen LogP contribution >= 0.6 is 11.6 Å². The zero-order chi connectivity index (χ0) is 8.97. The van der Waals surface area contributed by atoms with E-state index < -0.39 is 0 Å². The van der Waals surface area contributed by atoms with Crippen molar-refractivity contribution >= 4 is 17.5 Å². The maximum atomic E-state index is 10.4. The third-order valence-electron chi connectivity index (χ3n) is 1.39. The van der Waals surface area contributed by atoms with Crippen LogP contribution in [0, 0.1) is 6.42 Å². The monoisotopic (exact) mass is 182 g/mol. The van der Waals surface area contributed by atoms with Gasteiger partial charge in [0, 0.05) is 17.9 Å². The molecule has 3 heteroatoms. The molecular formula is C9H9ClNO. The lowest BCUT2D eigenvalue weighted by Gasteiger charge is -1.97. The quantitative estimate of drug-likeness (QED) is 0.761. The second-order valence-electron chi connectivity index (χ2n) is 2.43. The molecule has 0 aliphatic heterocycles. The molecule has 0 bridgehead atoms. The van der Waals surface area contributed by atoms with Gasteiger partial charge in [0.25, 0.3) is 0 Å². The van der Waals surface area contributed by atoms with Crippen molar-refractivity contribution in [1.29, 1.82) is 0 Å². The molecule has 0 unspecified atom stereocenters. The maximum absolute atomic E-state index is 10.4. The first-order chi connectivity index (χ1) is 5.68. The van der Waals surface area contributed by atoms with Crippen LogP contribution in [0.3, 0.4) is 0 Å². The fraction of sp³-hybridized carbons (Fsp3) is 0.111. The van der Waals surface area contributed by atoms with E-state index in [1.165, 1.54) is 0 Å². The van der Waals surface area contributed by atoms with E-state index in [0.717, 1.165) is 5.56 Å². The van der Waals surface area contributed by atoms with Crippen LogP contribution in [0.5, 0.6) is 0 Å². The fourth-order valence-electron chi connectivity index (χ4n) is 0.852. The average Bonchev–Trinajstić information content (AvgIpc) is 2.01. The minimum Gasteiger partial charge on any atom is -0.370 e. The van der Waals surface area contributed by atoms with Gasteiger partial charge in [0.15, 0.2) is 0 Å². The minimum absolute atomic E-state index is 0.250. The Morgan fingerprint density at radius 2 is 2.33 bits per heavy atom. The molecule has 0 spiro atoms. The highest BCUT2D eigenvalue weighted by atomic mass is 35.5. The number of hydrogen-bond acceptors (Lipinski definition) is 1. The molecule has 2 N–H and O–H groups in total. The zero-order valence-electron chi connectivity index (χ0n) is 6.46. The van der Waals surface area contributed by atoms with Crippen molar-refractivity contribution in [3.8, 4) is 0 Å². The van der Waals surface area contributed by atoms with E-state index in [2.05, 4.69) is 0 Å². The first-order valence-electron chi connectivity index (χ1n) is 3.55. The third kappa shape index (κ3) is 2.93. The molecule has 63 valence electrons. The van der Waals surface area contributed by atoms with Crippen molar-refractivity contribution in [2.24, 2.45) is 5.73 Å². The van der Waals surface area contributed by atoms with Gasteiger partial charge in [-0.25, -0.2) is 0 Å². The Bertz CT molecular complexity index is 286. The summed E-state index contributed by atoms with van der Waals surface area (Å²) in [7, 11) is 0. The van der Waals surface area contributed by atoms with E-state index >= 15 is 0 Å². The predicted molar refractivity (Wildman–Crippen MR) is 48.7 cm³/mol. The lowest BCUT2D eigenvalue weighted by Crippen LogP contribution is -2.10. The minimum atomic E-state index is -0.338. The molecule has 0 heterocycles. The molecule has 0 atom stereocenters. The molecule has 0 aliphatic rings. The number of primary amides is 1. The molecule has 2 nitrogen and oxygen atoms in total.